The highest BCUT2D eigenvalue weighted by atomic mass is 16.5. The van der Waals surface area contributed by atoms with E-state index in [-0.39, 0.29) is 38.9 Å². The minimum absolute atomic E-state index is 0.0574. The van der Waals surface area contributed by atoms with Crippen molar-refractivity contribution in [1.29, 1.82) is 10.5 Å². The van der Waals surface area contributed by atoms with E-state index in [0.29, 0.717) is 175 Å². The number of nitrogens with zero attached hydrogens (tertiary/aromatic N) is 9. The van der Waals surface area contributed by atoms with Gasteiger partial charge in [0.25, 0.3) is 43.4 Å². The van der Waals surface area contributed by atoms with Crippen molar-refractivity contribution in [2.75, 3.05) is 263 Å². The first-order chi connectivity index (χ1) is 67.8. The molecule has 0 bridgehead atoms. The fourth-order valence-corrected chi connectivity index (χ4v) is 14.7. The summed E-state index contributed by atoms with van der Waals surface area (Å²) in [6, 6.07) is 0. The summed E-state index contributed by atoms with van der Waals surface area (Å²) in [6.45, 7) is 84.8. The Labute approximate surface area is 888 Å². The topological polar surface area (TPSA) is 438 Å². The van der Waals surface area contributed by atoms with Gasteiger partial charge in [-0.15, -0.1) is 0 Å². The number of rotatable bonds is 56. The second-order valence-corrected chi connectivity index (χ2v) is 49.4. The van der Waals surface area contributed by atoms with Crippen LogP contribution >= 0.6 is 0 Å². The predicted molar refractivity (Wildman–Crippen MR) is 620 cm³/mol. The normalized spacial score (nSPS) is 12.1. The molecule has 147 heavy (non-hydrogen) atoms. The van der Waals surface area contributed by atoms with Crippen LogP contribution in [-0.2, 0) is 33.3 Å². The van der Waals surface area contributed by atoms with Crippen molar-refractivity contribution in [3.8, 4) is 12.4 Å². The molecule has 0 atom stereocenters. The Bertz CT molecular complexity index is 4670. The molecular formula is C112H212N20O15. The van der Waals surface area contributed by atoms with E-state index in [9.17, 15) is 47.9 Å². The Morgan fingerprint density at radius 1 is 0.347 bits per heavy atom. The van der Waals surface area contributed by atoms with Crippen molar-refractivity contribution in [3.63, 3.8) is 0 Å². The summed E-state index contributed by atoms with van der Waals surface area (Å²) in [7, 11) is 16.5. The highest BCUT2D eigenvalue weighted by Crippen LogP contribution is 2.33. The maximum Gasteiger partial charge on any atom is 0.253 e. The zero-order valence-corrected chi connectivity index (χ0v) is 100. The third-order valence-corrected chi connectivity index (χ3v) is 22.5. The lowest BCUT2D eigenvalue weighted by Gasteiger charge is -2.32. The second-order valence-electron chi connectivity index (χ2n) is 49.4. The molecule has 0 unspecified atom stereocenters. The smallest absolute Gasteiger partial charge is 0.253 e. The van der Waals surface area contributed by atoms with Crippen molar-refractivity contribution < 1.29 is 33.3 Å². The number of carbonyl (C=O) groups excluding carboxylic acids is 2. The van der Waals surface area contributed by atoms with E-state index in [0.717, 1.165) is 168 Å². The minimum Gasteiger partial charge on any atom is -0.384 e. The Morgan fingerprint density at radius 2 is 0.694 bits per heavy atom. The highest BCUT2D eigenvalue weighted by Gasteiger charge is 2.31. The number of ether oxygens (including phenoxy) is 5. The summed E-state index contributed by atoms with van der Waals surface area (Å²) < 4.78 is 25.6. The number of nitriles is 2. The van der Waals surface area contributed by atoms with Crippen molar-refractivity contribution >= 4 is 69.2 Å². The van der Waals surface area contributed by atoms with Crippen LogP contribution in [0.25, 0.3) is 0 Å². The maximum atomic E-state index is 12.0. The van der Waals surface area contributed by atoms with Gasteiger partial charge in [0.2, 0.25) is 23.7 Å². The molecule has 35 heteroatoms. The number of amides is 2. The molecule has 850 valence electrons. The van der Waals surface area contributed by atoms with E-state index < -0.39 is 38.0 Å². The Morgan fingerprint density at radius 3 is 1.03 bits per heavy atom. The highest BCUT2D eigenvalue weighted by molar-refractivity contribution is 5.83. The van der Waals surface area contributed by atoms with Crippen LogP contribution in [0.15, 0.2) is 48.3 Å². The number of carbonyl (C=O) groups is 2. The maximum absolute atomic E-state index is 12.0. The number of anilines is 8. The number of likely N-dealkylation sites (N-methyl/N-ethyl adjacent to an activating group) is 3. The molecular weight excluding hydrogens is 1870 g/mol. The lowest BCUT2D eigenvalue weighted by molar-refractivity contribution is -0.132. The summed E-state index contributed by atoms with van der Waals surface area (Å²) in [6.07, 6.45) is 19.7. The third kappa shape index (κ3) is 72.9. The van der Waals surface area contributed by atoms with Crippen LogP contribution in [-0.4, -0.2) is 260 Å². The van der Waals surface area contributed by atoms with Gasteiger partial charge in [-0.3, -0.25) is 68.6 Å². The van der Waals surface area contributed by atoms with Gasteiger partial charge < -0.3 is 96.0 Å². The van der Waals surface area contributed by atoms with E-state index in [1.54, 1.807) is 35.4 Å². The van der Waals surface area contributed by atoms with Crippen LogP contribution in [0.1, 0.15) is 318 Å². The van der Waals surface area contributed by atoms with Gasteiger partial charge in [0.1, 0.15) is 45.5 Å². The Kier molecular flexibility index (Phi) is 72.5. The monoisotopic (exact) mass is 2080 g/mol. The summed E-state index contributed by atoms with van der Waals surface area (Å²) in [5.74, 6) is 1.33. The van der Waals surface area contributed by atoms with Gasteiger partial charge in [0, 0.05) is 160 Å². The number of methoxy groups -OCH3 is 4. The fraction of sp³-hybridized carbons (Fsp3) is 0.804. The van der Waals surface area contributed by atoms with Gasteiger partial charge in [-0.2, -0.15) is 10.5 Å². The van der Waals surface area contributed by atoms with Crippen molar-refractivity contribution in [3.05, 3.63) is 81.8 Å². The molecule has 35 nitrogen and oxygen atoms in total. The molecule has 0 saturated heterocycles. The van der Waals surface area contributed by atoms with E-state index in [4.69, 9.17) is 34.2 Å². The molecule has 4 aromatic rings. The van der Waals surface area contributed by atoms with Crippen LogP contribution in [0, 0.1) is 77.1 Å². The first-order valence-electron chi connectivity index (χ1n) is 53.2. The fourth-order valence-electron chi connectivity index (χ4n) is 14.7. The molecule has 0 saturated carbocycles. The molecule has 0 fully saturated rings. The van der Waals surface area contributed by atoms with Crippen LogP contribution in [0.3, 0.4) is 0 Å². The van der Waals surface area contributed by atoms with E-state index >= 15 is 0 Å². The largest absolute Gasteiger partial charge is 0.384 e. The number of nitrogens with one attached hydrogen (secondary N) is 11. The first-order valence-corrected chi connectivity index (χ1v) is 53.2. The summed E-state index contributed by atoms with van der Waals surface area (Å²) in [4.78, 5) is 134. The number of hydrogen-bond acceptors (Lipinski definition) is 29. The number of guanidine groups is 2. The molecule has 0 aliphatic heterocycles. The van der Waals surface area contributed by atoms with Crippen LogP contribution in [0.4, 0.5) is 45.5 Å². The second kappa shape index (κ2) is 74.0. The van der Waals surface area contributed by atoms with Gasteiger partial charge in [-0.25, -0.2) is 0 Å². The van der Waals surface area contributed by atoms with Gasteiger partial charge in [0.15, 0.2) is 12.4 Å². The third-order valence-electron chi connectivity index (χ3n) is 22.5. The molecule has 0 heterocycles. The predicted octanol–water partition coefficient (Wildman–Crippen LogP) is 15.8. The van der Waals surface area contributed by atoms with Gasteiger partial charge in [-0.1, -0.05) is 180 Å². The standard InChI is InChI=1S/C17H30N2O4.C15H31N5O.C15H26N2O2.C14H29N5.C14H24N2O3.C13H22N2O2.C13H27NO2.C11H23NO/c1-17(2,3)7-6-8-18-13-14(16(21)15(13)20)19(9-11-22-4)10-12-23-5;1-15(2,3)7-6-8-17-14(19-13-16)18-9-11-21-12-10-20(4)5;1-6-17(7-2)12-11(13(18)14(12)19)16-10-8-9-15(3,4)5;1-14(2,3)8-7-9-16-13(17-12-15)19(6)11-10-18(4)5;1-14(2,3)6-5-7-15-10-11(13(18)12(10)17)16-8-9-19-4;1-5-14-9-10(12(17)11(9)16)15-8-6-7-13(2,3)4;1-12(2,3)8-7-9-14-11(15)13(4,5)10-16-6;1-9(13)12-8-11(5,6)7-10(2,3)4/h18H,6-12H2,1-5H3;6-12H2,1-5H3,(H2,17,18,19);16H,6-10H2,1-5H3;7-11H2,1-6H3,(H,16,17);15-16H,5-9H2,1-4H3;14-15H,5-8H2,1-4H3;7-10H2,1-6H3,(H,14,15);7-8H2,1-6H3,(H,12,13). The van der Waals surface area contributed by atoms with Gasteiger partial charge in [0.05, 0.1) is 45.1 Å². The van der Waals surface area contributed by atoms with E-state index in [2.05, 4.69) is 258 Å². The molecule has 4 aromatic carbocycles. The van der Waals surface area contributed by atoms with Crippen molar-refractivity contribution in [2.24, 2.45) is 64.1 Å². The number of aliphatic imine (C=N–C) groups is 2. The average Bonchev–Trinajstić information content (AvgIpc) is 0.779. The molecule has 0 aromatic heterocycles. The Balaban J connectivity index is -0.000000798. The minimum atomic E-state index is -0.436. The quantitative estimate of drug-likeness (QED) is 0.00488. The summed E-state index contributed by atoms with van der Waals surface area (Å²) in [5, 5.41) is 49.9. The van der Waals surface area contributed by atoms with Crippen LogP contribution in [0.5, 0.6) is 0 Å². The number of hydrogen-bond donors (Lipinski definition) is 11. The lowest BCUT2D eigenvalue weighted by atomic mass is 9.76. The zero-order chi connectivity index (χ0) is 114. The zero-order valence-electron chi connectivity index (χ0n) is 100. The van der Waals surface area contributed by atoms with Gasteiger partial charge >= 0.3 is 0 Å². The molecule has 0 aliphatic carbocycles. The van der Waals surface area contributed by atoms with Crippen LogP contribution in [0.2, 0.25) is 0 Å². The first kappa shape index (κ1) is 144. The summed E-state index contributed by atoms with van der Waals surface area (Å²) >= 11 is 0. The molecule has 0 spiro atoms. The molecule has 0 aliphatic rings. The van der Waals surface area contributed by atoms with Crippen LogP contribution < -0.4 is 112 Å². The lowest BCUT2D eigenvalue weighted by Crippen LogP contribution is -2.45. The van der Waals surface area contributed by atoms with Crippen molar-refractivity contribution in [2.45, 2.75) is 318 Å². The SMILES string of the molecule is CC(=O)NCC(C)(C)CC(C)(C)C.CCN(CC)c1c(NCCCC(C)(C)C)c(=O)c1=O.CCNc1c(NCCCC(C)(C)C)c(=O)c1=O.CN(C)CCN(C)C(=NCCCC(C)(C)C)NC#N.CN(C)CCOCCNC(=NCCCC(C)(C)C)NC#N.COCC(C)(C)C(=O)NCCCC(C)(C)C.COCCN(CCOC)c1c(NCCCC(C)(C)C)c(=O)c1=O.COCCNc1c(NCCCC(C)(C)C)c(=O)c1=O. The summed E-state index contributed by atoms with van der Waals surface area (Å²) in [5.41, 5.74) is 2.79. The van der Waals surface area contributed by atoms with Gasteiger partial charge in [-0.05, 0) is 208 Å². The van der Waals surface area contributed by atoms with E-state index in [1.807, 2.05) is 96.9 Å². The average molecular weight is 2080 g/mol. The van der Waals surface area contributed by atoms with E-state index in [1.165, 1.54) is 0 Å². The molecule has 11 N–H and O–H groups in total. The Hall–Kier alpha value is -9.10. The molecule has 0 radical (unpaired) electrons. The molecule has 4 rings (SSSR count). The van der Waals surface area contributed by atoms with Crippen molar-refractivity contribution in [1.82, 2.24) is 41.3 Å². The molecule has 2 amide bonds.